The number of nitrogen functional groups attached to an aromatic ring is 2. The molecule has 0 bridgehead atoms. The molecule has 1 unspecified atom stereocenters. The Labute approximate surface area is 206 Å². The second kappa shape index (κ2) is 12.2. The molecule has 3 heterocycles. The average molecular weight is 504 g/mol. The molecule has 1 atom stereocenters. The fourth-order valence-corrected chi connectivity index (χ4v) is 4.41. The number of esters is 2. The van der Waals surface area contributed by atoms with Crippen molar-refractivity contribution in [1.82, 2.24) is 15.3 Å². The van der Waals surface area contributed by atoms with Crippen LogP contribution in [0.3, 0.4) is 0 Å². The number of nitrogens with two attached hydrogens (primary N) is 2. The van der Waals surface area contributed by atoms with Crippen molar-refractivity contribution in [3.05, 3.63) is 33.7 Å². The molecule has 0 fully saturated rings. The third kappa shape index (κ3) is 6.92. The summed E-state index contributed by atoms with van der Waals surface area (Å²) in [6.45, 7) is 3.80. The minimum absolute atomic E-state index is 0.00185. The van der Waals surface area contributed by atoms with Gasteiger partial charge in [-0.25, -0.2) is 4.79 Å². The Morgan fingerprint density at radius 1 is 1.14 bits per heavy atom. The van der Waals surface area contributed by atoms with Crippen molar-refractivity contribution in [2.24, 2.45) is 0 Å². The maximum Gasteiger partial charge on any atom is 0.328 e. The Bertz CT molecular complexity index is 1190. The summed E-state index contributed by atoms with van der Waals surface area (Å²) < 4.78 is 15.4. The minimum Gasteiger partial charge on any atom is -0.466 e. The first-order chi connectivity index (χ1) is 16.8. The molecular weight excluding hydrogens is 474 g/mol. The first-order valence-electron chi connectivity index (χ1n) is 11.3. The second-order valence-corrected chi connectivity index (χ2v) is 8.61. The number of thiophene rings is 1. The summed E-state index contributed by atoms with van der Waals surface area (Å²) in [6.07, 6.45) is 3.88. The van der Waals surface area contributed by atoms with Gasteiger partial charge in [-0.05, 0) is 56.5 Å². The van der Waals surface area contributed by atoms with Crippen molar-refractivity contribution in [2.75, 3.05) is 24.7 Å². The minimum atomic E-state index is -0.937. The molecule has 0 radical (unpaired) electrons. The zero-order valence-electron chi connectivity index (χ0n) is 19.7. The molecule has 35 heavy (non-hydrogen) atoms. The van der Waals surface area contributed by atoms with Crippen LogP contribution in [0, 0.1) is 0 Å². The summed E-state index contributed by atoms with van der Waals surface area (Å²) in [4.78, 5) is 45.2. The highest BCUT2D eigenvalue weighted by atomic mass is 32.1. The van der Waals surface area contributed by atoms with Crippen LogP contribution in [0.15, 0.2) is 22.1 Å². The van der Waals surface area contributed by atoms with Crippen molar-refractivity contribution in [2.45, 2.75) is 52.0 Å². The average Bonchev–Trinajstić information content (AvgIpc) is 3.44. The van der Waals surface area contributed by atoms with E-state index in [1.165, 1.54) is 11.3 Å². The van der Waals surface area contributed by atoms with Gasteiger partial charge in [0.05, 0.1) is 29.7 Å². The van der Waals surface area contributed by atoms with Crippen LogP contribution in [0.5, 0.6) is 0 Å². The smallest absolute Gasteiger partial charge is 0.328 e. The van der Waals surface area contributed by atoms with Crippen LogP contribution in [0.25, 0.3) is 11.1 Å². The van der Waals surface area contributed by atoms with Gasteiger partial charge in [0.1, 0.15) is 11.9 Å². The van der Waals surface area contributed by atoms with Crippen LogP contribution < -0.4 is 16.8 Å². The van der Waals surface area contributed by atoms with Gasteiger partial charge < -0.3 is 30.7 Å². The van der Waals surface area contributed by atoms with E-state index in [9.17, 15) is 14.4 Å². The van der Waals surface area contributed by atoms with E-state index in [0.717, 1.165) is 24.0 Å². The molecule has 0 aromatic carbocycles. The molecule has 0 aliphatic rings. The van der Waals surface area contributed by atoms with E-state index in [0.29, 0.717) is 22.4 Å². The summed E-state index contributed by atoms with van der Waals surface area (Å²) in [5.41, 5.74) is 13.8. The standard InChI is InChI=1S/C23H29N5O6S/c1-3-32-17(29)9-8-15(22(31)33-4-2)26-20(30)16-10-13(12-35-16)6-5-7-14-11-34-21-18(14)19(24)27-23(25)28-21/h10-12,15H,3-9H2,1-2H3,(H,26,30)(H4,24,25,27,28). The van der Waals surface area contributed by atoms with Gasteiger partial charge in [-0.1, -0.05) is 0 Å². The third-order valence-electron chi connectivity index (χ3n) is 5.16. The van der Waals surface area contributed by atoms with Gasteiger partial charge in [0.2, 0.25) is 11.7 Å². The number of aryl methyl sites for hydroxylation is 2. The maximum atomic E-state index is 12.7. The van der Waals surface area contributed by atoms with Gasteiger partial charge in [-0.15, -0.1) is 11.3 Å². The lowest BCUT2D eigenvalue weighted by Gasteiger charge is -2.16. The summed E-state index contributed by atoms with van der Waals surface area (Å²) in [6, 6.07) is 0.854. The molecule has 11 nitrogen and oxygen atoms in total. The zero-order chi connectivity index (χ0) is 25.4. The van der Waals surface area contributed by atoms with E-state index in [1.54, 1.807) is 26.2 Å². The Kier molecular flexibility index (Phi) is 9.01. The van der Waals surface area contributed by atoms with Crippen molar-refractivity contribution >= 4 is 52.0 Å². The van der Waals surface area contributed by atoms with Crippen LogP contribution in [0.4, 0.5) is 11.8 Å². The number of aromatic nitrogens is 2. The number of carbonyl (C=O) groups is 3. The molecular formula is C23H29N5O6S. The van der Waals surface area contributed by atoms with Crippen molar-refractivity contribution in [1.29, 1.82) is 0 Å². The molecule has 0 saturated carbocycles. The molecule has 3 aromatic heterocycles. The number of furan rings is 1. The molecule has 0 spiro atoms. The van der Waals surface area contributed by atoms with Crippen molar-refractivity contribution in [3.8, 4) is 0 Å². The van der Waals surface area contributed by atoms with E-state index in [1.807, 2.05) is 5.38 Å². The van der Waals surface area contributed by atoms with Gasteiger partial charge in [0.15, 0.2) is 0 Å². The predicted molar refractivity (Wildman–Crippen MR) is 131 cm³/mol. The highest BCUT2D eigenvalue weighted by molar-refractivity contribution is 7.12. The van der Waals surface area contributed by atoms with Gasteiger partial charge in [-0.3, -0.25) is 9.59 Å². The van der Waals surface area contributed by atoms with E-state index in [2.05, 4.69) is 15.3 Å². The monoisotopic (exact) mass is 503 g/mol. The number of nitrogens with zero attached hydrogens (tertiary/aromatic N) is 2. The van der Waals surface area contributed by atoms with E-state index in [4.69, 9.17) is 25.4 Å². The molecule has 188 valence electrons. The van der Waals surface area contributed by atoms with Crippen molar-refractivity contribution < 1.29 is 28.3 Å². The SMILES string of the molecule is CCOC(=O)CCC(NC(=O)c1cc(CCCc2coc3nc(N)nc(N)c23)cs1)C(=O)OCC. The molecule has 5 N–H and O–H groups in total. The maximum absolute atomic E-state index is 12.7. The van der Waals surface area contributed by atoms with E-state index < -0.39 is 23.9 Å². The molecule has 1 amide bonds. The molecule has 3 rings (SSSR count). The number of ether oxygens (including phenoxy) is 2. The van der Waals surface area contributed by atoms with Crippen LogP contribution in [-0.2, 0) is 31.9 Å². The zero-order valence-corrected chi connectivity index (χ0v) is 20.5. The Morgan fingerprint density at radius 2 is 1.91 bits per heavy atom. The third-order valence-corrected chi connectivity index (χ3v) is 6.14. The number of fused-ring (bicyclic) bond motifs is 1. The molecule has 0 aliphatic heterocycles. The van der Waals surface area contributed by atoms with Crippen LogP contribution in [0.2, 0.25) is 0 Å². The normalized spacial score (nSPS) is 11.8. The molecule has 12 heteroatoms. The largest absolute Gasteiger partial charge is 0.466 e. The number of anilines is 2. The lowest BCUT2D eigenvalue weighted by Crippen LogP contribution is -2.42. The highest BCUT2D eigenvalue weighted by Crippen LogP contribution is 2.26. The number of hydrogen-bond donors (Lipinski definition) is 3. The fourth-order valence-electron chi connectivity index (χ4n) is 3.56. The second-order valence-electron chi connectivity index (χ2n) is 7.70. The summed E-state index contributed by atoms with van der Waals surface area (Å²) >= 11 is 1.28. The number of nitrogens with one attached hydrogen (secondary N) is 1. The van der Waals surface area contributed by atoms with E-state index >= 15 is 0 Å². The van der Waals surface area contributed by atoms with Crippen LogP contribution in [0.1, 0.15) is 53.9 Å². The Hall–Kier alpha value is -3.67. The number of amides is 1. The number of carbonyl (C=O) groups excluding carboxylic acids is 3. The first-order valence-corrected chi connectivity index (χ1v) is 12.2. The summed E-state index contributed by atoms with van der Waals surface area (Å²) in [7, 11) is 0. The molecule has 0 aliphatic carbocycles. The van der Waals surface area contributed by atoms with Crippen LogP contribution >= 0.6 is 11.3 Å². The summed E-state index contributed by atoms with van der Waals surface area (Å²) in [5, 5.41) is 5.24. The van der Waals surface area contributed by atoms with Gasteiger partial charge in [0.25, 0.3) is 5.91 Å². The van der Waals surface area contributed by atoms with Crippen molar-refractivity contribution in [3.63, 3.8) is 0 Å². The quantitative estimate of drug-likeness (QED) is 0.312. The van der Waals surface area contributed by atoms with Crippen LogP contribution in [-0.4, -0.2) is 47.1 Å². The van der Waals surface area contributed by atoms with E-state index in [-0.39, 0.29) is 37.8 Å². The fraction of sp³-hybridized carbons (Fsp3) is 0.435. The lowest BCUT2D eigenvalue weighted by atomic mass is 10.1. The van der Waals surface area contributed by atoms with Gasteiger partial charge in [0, 0.05) is 12.0 Å². The lowest BCUT2D eigenvalue weighted by molar-refractivity contribution is -0.146. The Balaban J connectivity index is 1.57. The first kappa shape index (κ1) is 25.9. The predicted octanol–water partition coefficient (Wildman–Crippen LogP) is 2.63. The number of rotatable bonds is 12. The summed E-state index contributed by atoms with van der Waals surface area (Å²) in [5.74, 6) is -1.07. The topological polar surface area (TPSA) is 173 Å². The Morgan fingerprint density at radius 3 is 2.66 bits per heavy atom. The molecule has 3 aromatic rings. The number of hydrogen-bond acceptors (Lipinski definition) is 11. The van der Waals surface area contributed by atoms with Gasteiger partial charge in [-0.2, -0.15) is 9.97 Å². The molecule has 0 saturated heterocycles. The highest BCUT2D eigenvalue weighted by Gasteiger charge is 2.24. The van der Waals surface area contributed by atoms with Gasteiger partial charge >= 0.3 is 11.9 Å².